The Bertz CT molecular complexity index is 851. The smallest absolute Gasteiger partial charge is 0.335 e. The summed E-state index contributed by atoms with van der Waals surface area (Å²) in [6, 6.07) is 15.6. The van der Waals surface area contributed by atoms with Gasteiger partial charge in [-0.3, -0.25) is 0 Å². The van der Waals surface area contributed by atoms with E-state index in [0.29, 0.717) is 5.75 Å². The van der Waals surface area contributed by atoms with Crippen LogP contribution in [0.5, 0.6) is 11.5 Å². The number of hydrogen-bond donors (Lipinski definition) is 2. The average molecular weight is 294 g/mol. The quantitative estimate of drug-likeness (QED) is 0.768. The Labute approximate surface area is 127 Å². The fourth-order valence-corrected chi connectivity index (χ4v) is 2.45. The number of methoxy groups -OCH3 is 1. The molecule has 0 bridgehead atoms. The molecule has 3 rings (SSSR count). The molecule has 0 saturated heterocycles. The van der Waals surface area contributed by atoms with Crippen LogP contribution < -0.4 is 4.74 Å². The van der Waals surface area contributed by atoms with Gasteiger partial charge in [0.15, 0.2) is 0 Å². The van der Waals surface area contributed by atoms with E-state index >= 15 is 0 Å². The summed E-state index contributed by atoms with van der Waals surface area (Å²) in [6.45, 7) is 0. The number of ether oxygens (including phenoxy) is 1. The first-order valence-electron chi connectivity index (χ1n) is 6.73. The molecule has 4 nitrogen and oxygen atoms in total. The molecule has 0 fully saturated rings. The standard InChI is InChI=1S/C18H14O4/c1-22-17-10-14-8-15(19)7-6-13(14)9-16(17)11-2-4-12(5-3-11)18(20)21/h2-10,19H,1H3,(H,20,21). The van der Waals surface area contributed by atoms with Gasteiger partial charge in [-0.25, -0.2) is 4.79 Å². The van der Waals surface area contributed by atoms with Gasteiger partial charge in [0.1, 0.15) is 11.5 Å². The van der Waals surface area contributed by atoms with Gasteiger partial charge < -0.3 is 14.9 Å². The topological polar surface area (TPSA) is 66.8 Å². The van der Waals surface area contributed by atoms with Crippen molar-refractivity contribution in [2.24, 2.45) is 0 Å². The first kappa shape index (κ1) is 13.9. The van der Waals surface area contributed by atoms with Gasteiger partial charge in [-0.1, -0.05) is 18.2 Å². The van der Waals surface area contributed by atoms with Crippen LogP contribution in [-0.4, -0.2) is 23.3 Å². The highest BCUT2D eigenvalue weighted by atomic mass is 16.5. The van der Waals surface area contributed by atoms with Crippen molar-refractivity contribution in [1.82, 2.24) is 0 Å². The lowest BCUT2D eigenvalue weighted by Crippen LogP contribution is -1.95. The summed E-state index contributed by atoms with van der Waals surface area (Å²) in [6.07, 6.45) is 0. The predicted octanol–water partition coefficient (Wildman–Crippen LogP) is 3.92. The van der Waals surface area contributed by atoms with Gasteiger partial charge in [0.05, 0.1) is 12.7 Å². The molecule has 0 atom stereocenters. The van der Waals surface area contributed by atoms with Crippen molar-refractivity contribution in [3.05, 3.63) is 60.2 Å². The number of rotatable bonds is 3. The maximum absolute atomic E-state index is 10.9. The molecule has 0 amide bonds. The molecule has 2 N–H and O–H groups in total. The number of aromatic hydroxyl groups is 1. The number of fused-ring (bicyclic) bond motifs is 1. The summed E-state index contributed by atoms with van der Waals surface area (Å²) in [5.41, 5.74) is 1.99. The van der Waals surface area contributed by atoms with E-state index in [0.717, 1.165) is 21.9 Å². The third-order valence-electron chi connectivity index (χ3n) is 3.59. The predicted molar refractivity (Wildman–Crippen MR) is 84.6 cm³/mol. The van der Waals surface area contributed by atoms with Crippen molar-refractivity contribution in [3.63, 3.8) is 0 Å². The van der Waals surface area contributed by atoms with Gasteiger partial charge in [-0.15, -0.1) is 0 Å². The summed E-state index contributed by atoms with van der Waals surface area (Å²) in [7, 11) is 1.58. The third kappa shape index (κ3) is 2.46. The highest BCUT2D eigenvalue weighted by Crippen LogP contribution is 2.35. The first-order chi connectivity index (χ1) is 10.6. The number of aromatic carboxylic acids is 1. The SMILES string of the molecule is COc1cc2cc(O)ccc2cc1-c1ccc(C(=O)O)cc1. The molecule has 22 heavy (non-hydrogen) atoms. The molecule has 0 heterocycles. The zero-order valence-electron chi connectivity index (χ0n) is 11.9. The second-order valence-corrected chi connectivity index (χ2v) is 4.97. The Morgan fingerprint density at radius 1 is 0.955 bits per heavy atom. The molecule has 0 radical (unpaired) electrons. The molecule has 3 aromatic rings. The minimum Gasteiger partial charge on any atom is -0.508 e. The van der Waals surface area contributed by atoms with Crippen molar-refractivity contribution >= 4 is 16.7 Å². The zero-order chi connectivity index (χ0) is 15.7. The minimum absolute atomic E-state index is 0.202. The van der Waals surface area contributed by atoms with Crippen LogP contribution in [0.4, 0.5) is 0 Å². The van der Waals surface area contributed by atoms with E-state index in [1.165, 1.54) is 0 Å². The third-order valence-corrected chi connectivity index (χ3v) is 3.59. The first-order valence-corrected chi connectivity index (χ1v) is 6.73. The molecular formula is C18H14O4. The lowest BCUT2D eigenvalue weighted by Gasteiger charge is -2.11. The zero-order valence-corrected chi connectivity index (χ0v) is 11.9. The summed E-state index contributed by atoms with van der Waals surface area (Å²) < 4.78 is 5.43. The van der Waals surface area contributed by atoms with E-state index in [-0.39, 0.29) is 11.3 Å². The van der Waals surface area contributed by atoms with Gasteiger partial charge in [-0.05, 0) is 52.7 Å². The molecule has 0 aliphatic carbocycles. The summed E-state index contributed by atoms with van der Waals surface area (Å²) in [5.74, 6) is -0.0817. The normalized spacial score (nSPS) is 10.6. The van der Waals surface area contributed by atoms with Gasteiger partial charge in [0.2, 0.25) is 0 Å². The number of hydrogen-bond acceptors (Lipinski definition) is 3. The second kappa shape index (κ2) is 5.41. The number of phenolic OH excluding ortho intramolecular Hbond substituents is 1. The molecule has 0 aromatic heterocycles. The van der Waals surface area contributed by atoms with Crippen molar-refractivity contribution in [2.45, 2.75) is 0 Å². The van der Waals surface area contributed by atoms with E-state index in [1.807, 2.05) is 18.2 Å². The fraction of sp³-hybridized carbons (Fsp3) is 0.0556. The van der Waals surface area contributed by atoms with Crippen LogP contribution in [0.3, 0.4) is 0 Å². The summed E-state index contributed by atoms with van der Waals surface area (Å²) >= 11 is 0. The Morgan fingerprint density at radius 2 is 1.68 bits per heavy atom. The van der Waals surface area contributed by atoms with Gasteiger partial charge in [-0.2, -0.15) is 0 Å². The molecule has 0 unspecified atom stereocenters. The average Bonchev–Trinajstić information content (AvgIpc) is 2.53. The van der Waals surface area contributed by atoms with Crippen LogP contribution in [0.2, 0.25) is 0 Å². The van der Waals surface area contributed by atoms with Crippen LogP contribution in [0, 0.1) is 0 Å². The van der Waals surface area contributed by atoms with Gasteiger partial charge in [0, 0.05) is 5.56 Å². The van der Waals surface area contributed by atoms with Crippen LogP contribution in [-0.2, 0) is 0 Å². The maximum Gasteiger partial charge on any atom is 0.335 e. The number of carboxylic acids is 1. The molecule has 3 aromatic carbocycles. The lowest BCUT2D eigenvalue weighted by molar-refractivity contribution is 0.0697. The Hall–Kier alpha value is -3.01. The van der Waals surface area contributed by atoms with E-state index in [9.17, 15) is 9.90 Å². The molecule has 4 heteroatoms. The van der Waals surface area contributed by atoms with E-state index in [1.54, 1.807) is 43.5 Å². The van der Waals surface area contributed by atoms with E-state index in [4.69, 9.17) is 9.84 Å². The largest absolute Gasteiger partial charge is 0.508 e. The highest BCUT2D eigenvalue weighted by Gasteiger charge is 2.10. The molecule has 0 aliphatic heterocycles. The van der Waals surface area contributed by atoms with Crippen molar-refractivity contribution < 1.29 is 19.7 Å². The molecule has 0 aliphatic rings. The lowest BCUT2D eigenvalue weighted by atomic mass is 9.99. The molecular weight excluding hydrogens is 280 g/mol. The molecule has 0 spiro atoms. The Morgan fingerprint density at radius 3 is 2.32 bits per heavy atom. The number of carbonyl (C=O) groups is 1. The second-order valence-electron chi connectivity index (χ2n) is 4.97. The summed E-state index contributed by atoms with van der Waals surface area (Å²) in [5, 5.41) is 20.4. The summed E-state index contributed by atoms with van der Waals surface area (Å²) in [4.78, 5) is 10.9. The fourth-order valence-electron chi connectivity index (χ4n) is 2.45. The monoisotopic (exact) mass is 294 g/mol. The highest BCUT2D eigenvalue weighted by molar-refractivity contribution is 5.92. The van der Waals surface area contributed by atoms with Crippen molar-refractivity contribution in [3.8, 4) is 22.6 Å². The number of carboxylic acid groups (broad SMARTS) is 1. The number of benzene rings is 3. The van der Waals surface area contributed by atoms with Crippen LogP contribution in [0.25, 0.3) is 21.9 Å². The Kier molecular flexibility index (Phi) is 3.43. The van der Waals surface area contributed by atoms with E-state index in [2.05, 4.69) is 0 Å². The van der Waals surface area contributed by atoms with Crippen molar-refractivity contribution in [2.75, 3.05) is 7.11 Å². The Balaban J connectivity index is 2.16. The molecule has 110 valence electrons. The molecule has 0 saturated carbocycles. The number of phenols is 1. The maximum atomic E-state index is 10.9. The van der Waals surface area contributed by atoms with Gasteiger partial charge in [0.25, 0.3) is 0 Å². The van der Waals surface area contributed by atoms with Crippen LogP contribution in [0.15, 0.2) is 54.6 Å². The minimum atomic E-state index is -0.951. The van der Waals surface area contributed by atoms with E-state index < -0.39 is 5.97 Å². The van der Waals surface area contributed by atoms with Crippen molar-refractivity contribution in [1.29, 1.82) is 0 Å². The van der Waals surface area contributed by atoms with Crippen LogP contribution >= 0.6 is 0 Å². The van der Waals surface area contributed by atoms with Crippen LogP contribution in [0.1, 0.15) is 10.4 Å². The van der Waals surface area contributed by atoms with Gasteiger partial charge >= 0.3 is 5.97 Å².